The zero-order valence-electron chi connectivity index (χ0n) is 23.8. The van der Waals surface area contributed by atoms with Crippen LogP contribution in [0.2, 0.25) is 0 Å². The van der Waals surface area contributed by atoms with E-state index >= 15 is 4.39 Å². The zero-order valence-corrected chi connectivity index (χ0v) is 23.8. The lowest BCUT2D eigenvalue weighted by molar-refractivity contribution is -0.147. The Kier molecular flexibility index (Phi) is 7.76. The number of nitrogens with two attached hydrogens (primary N) is 1. The van der Waals surface area contributed by atoms with Gasteiger partial charge in [-0.2, -0.15) is 5.26 Å². The van der Waals surface area contributed by atoms with Gasteiger partial charge in [-0.15, -0.1) is 0 Å². The molecule has 6 nitrogen and oxygen atoms in total. The van der Waals surface area contributed by atoms with Gasteiger partial charge in [-0.1, -0.05) is 57.9 Å². The van der Waals surface area contributed by atoms with Crippen molar-refractivity contribution in [3.63, 3.8) is 0 Å². The van der Waals surface area contributed by atoms with Gasteiger partial charge in [0, 0.05) is 28.8 Å². The lowest BCUT2D eigenvalue weighted by Gasteiger charge is -2.40. The van der Waals surface area contributed by atoms with Crippen LogP contribution in [0.15, 0.2) is 42.6 Å². The van der Waals surface area contributed by atoms with E-state index < -0.39 is 29.2 Å². The van der Waals surface area contributed by atoms with E-state index in [9.17, 15) is 18.8 Å². The number of nitriles is 1. The molecular weight excluding hydrogens is 541 g/mol. The predicted molar refractivity (Wildman–Crippen MR) is 156 cm³/mol. The Labute approximate surface area is 242 Å². The van der Waals surface area contributed by atoms with Crippen LogP contribution in [0, 0.1) is 46.5 Å². The number of fused-ring (bicyclic) bond motifs is 4. The van der Waals surface area contributed by atoms with Crippen LogP contribution in [0.25, 0.3) is 33.3 Å². The molecule has 4 N–H and O–H groups in total. The third-order valence-electron chi connectivity index (χ3n) is 8.64. The highest BCUT2D eigenvalue weighted by molar-refractivity contribution is 5.98. The average Bonchev–Trinajstić information content (AvgIpc) is 3.38. The van der Waals surface area contributed by atoms with Gasteiger partial charge < -0.3 is 15.8 Å². The van der Waals surface area contributed by atoms with E-state index in [1.165, 1.54) is 31.9 Å². The molecule has 2 bridgehead atoms. The maximum atomic E-state index is 15.1. The second kappa shape index (κ2) is 11.2. The molecule has 2 heterocycles. The molecule has 9 heteroatoms. The largest absolute Gasteiger partial charge is 0.481 e. The number of aromatic amines is 1. The van der Waals surface area contributed by atoms with Crippen molar-refractivity contribution < 1.29 is 23.1 Å². The van der Waals surface area contributed by atoms with Gasteiger partial charge in [-0.3, -0.25) is 4.79 Å². The van der Waals surface area contributed by atoms with E-state index in [-0.39, 0.29) is 44.6 Å². The topological polar surface area (TPSA) is 116 Å². The van der Waals surface area contributed by atoms with Crippen molar-refractivity contribution in [1.29, 1.82) is 5.26 Å². The number of anilines is 1. The smallest absolute Gasteiger partial charge is 0.306 e. The summed E-state index contributed by atoms with van der Waals surface area (Å²) in [4.78, 5) is 17.5. The molecule has 0 aliphatic heterocycles. The number of nitrogens with one attached hydrogen (secondary N) is 1. The van der Waals surface area contributed by atoms with E-state index in [0.29, 0.717) is 11.5 Å². The number of carboxylic acids is 1. The normalized spacial score (nSPS) is 19.7. The second-order valence-corrected chi connectivity index (χ2v) is 12.3. The first-order valence-electron chi connectivity index (χ1n) is 14.1. The van der Waals surface area contributed by atoms with Gasteiger partial charge in [0.1, 0.15) is 17.7 Å². The van der Waals surface area contributed by atoms with Crippen LogP contribution in [0.1, 0.15) is 64.0 Å². The number of hydrogen-bond donors (Lipinski definition) is 3. The first-order chi connectivity index (χ1) is 19.9. The molecule has 4 aromatic rings. The third kappa shape index (κ3) is 5.46. The molecule has 1 atom stereocenters. The summed E-state index contributed by atoms with van der Waals surface area (Å²) in [5.41, 5.74) is 7.52. The Balaban J connectivity index is 0.000000267. The highest BCUT2D eigenvalue weighted by Crippen LogP contribution is 2.45. The van der Waals surface area contributed by atoms with Crippen molar-refractivity contribution in [3.8, 4) is 28.5 Å². The summed E-state index contributed by atoms with van der Waals surface area (Å²) in [6, 6.07) is 11.0. The first kappa shape index (κ1) is 29.2. The number of nitrogens with zero attached hydrogens (tertiary/aromatic N) is 2. The summed E-state index contributed by atoms with van der Waals surface area (Å²) in [6.45, 7) is 6.17. The first-order valence-corrected chi connectivity index (χ1v) is 14.1. The van der Waals surface area contributed by atoms with Crippen LogP contribution < -0.4 is 5.73 Å². The van der Waals surface area contributed by atoms with Crippen molar-refractivity contribution in [3.05, 3.63) is 71.2 Å². The highest BCUT2D eigenvalue weighted by Gasteiger charge is 2.39. The van der Waals surface area contributed by atoms with Crippen molar-refractivity contribution in [2.45, 2.75) is 58.3 Å². The molecule has 7 rings (SSSR count). The molecule has 0 saturated heterocycles. The maximum absolute atomic E-state index is 15.1. The van der Waals surface area contributed by atoms with Crippen LogP contribution >= 0.6 is 0 Å². The Hall–Kier alpha value is -4.32. The molecule has 3 aliphatic carbocycles. The van der Waals surface area contributed by atoms with Crippen LogP contribution in [0.4, 0.5) is 19.0 Å². The van der Waals surface area contributed by atoms with E-state index in [2.05, 4.69) is 30.7 Å². The maximum Gasteiger partial charge on any atom is 0.306 e. The van der Waals surface area contributed by atoms with Gasteiger partial charge in [0.15, 0.2) is 11.6 Å². The molecule has 2 aromatic heterocycles. The fraction of sp³-hybridized carbons (Fsp3) is 0.364. The monoisotopic (exact) mass is 574 g/mol. The molecule has 218 valence electrons. The van der Waals surface area contributed by atoms with E-state index in [1.54, 1.807) is 12.1 Å². The summed E-state index contributed by atoms with van der Waals surface area (Å²) < 4.78 is 43.1. The number of carbonyl (C=O) groups is 1. The molecule has 2 aromatic carbocycles. The molecule has 3 fully saturated rings. The van der Waals surface area contributed by atoms with Crippen molar-refractivity contribution in [2.24, 2.45) is 17.8 Å². The average molecular weight is 575 g/mol. The van der Waals surface area contributed by atoms with Crippen LogP contribution in [-0.4, -0.2) is 21.0 Å². The van der Waals surface area contributed by atoms with E-state index in [1.807, 2.05) is 18.2 Å². The standard InChI is InChI=1S/C24H19F3N4.C9H14O2/c1-24(2,3)13-6-4-12(5-7-13)19-16(10-28)21(31-23(29)20(19)27)17-11-30-22-15(17)8-14(25)9-18(22)26;10-9(11)8-5-6-1-3-7(8)4-2-6/h4-9,11,30H,1-3H3,(H2,29,31);6-8H,1-5H2,(H,10,11). The quantitative estimate of drug-likeness (QED) is 0.230. The summed E-state index contributed by atoms with van der Waals surface area (Å²) in [7, 11) is 0. The lowest BCUT2D eigenvalue weighted by atomic mass is 9.65. The van der Waals surface area contributed by atoms with Crippen molar-refractivity contribution in [2.75, 3.05) is 5.73 Å². The van der Waals surface area contributed by atoms with Gasteiger partial charge >= 0.3 is 5.97 Å². The molecular formula is C33H33F3N4O2. The van der Waals surface area contributed by atoms with Crippen LogP contribution in [0.3, 0.4) is 0 Å². The van der Waals surface area contributed by atoms with Gasteiger partial charge in [0.2, 0.25) is 0 Å². The number of pyridine rings is 1. The molecule has 0 spiro atoms. The molecule has 42 heavy (non-hydrogen) atoms. The number of rotatable bonds is 3. The minimum absolute atomic E-state index is 0.00231. The summed E-state index contributed by atoms with van der Waals surface area (Å²) in [5.74, 6) is -2.10. The van der Waals surface area contributed by atoms with Crippen LogP contribution in [-0.2, 0) is 10.2 Å². The predicted octanol–water partition coefficient (Wildman–Crippen LogP) is 7.96. The zero-order chi connectivity index (χ0) is 30.3. The number of hydrogen-bond acceptors (Lipinski definition) is 4. The molecule has 1 unspecified atom stereocenters. The summed E-state index contributed by atoms with van der Waals surface area (Å²) in [6.07, 6.45) is 7.27. The van der Waals surface area contributed by atoms with Crippen molar-refractivity contribution >= 4 is 22.7 Å². The van der Waals surface area contributed by atoms with Gasteiger partial charge in [0.05, 0.1) is 22.7 Å². The molecule has 3 aliphatic rings. The number of nitrogen functional groups attached to an aromatic ring is 1. The number of aliphatic carboxylic acids is 1. The minimum Gasteiger partial charge on any atom is -0.481 e. The number of benzene rings is 2. The molecule has 0 amide bonds. The van der Waals surface area contributed by atoms with E-state index in [4.69, 9.17) is 10.8 Å². The fourth-order valence-corrected chi connectivity index (χ4v) is 6.32. The Morgan fingerprint density at radius 1 is 1.10 bits per heavy atom. The number of halogens is 3. The van der Waals surface area contributed by atoms with Crippen molar-refractivity contribution in [1.82, 2.24) is 9.97 Å². The number of H-pyrrole nitrogens is 1. The molecule has 0 radical (unpaired) electrons. The van der Waals surface area contributed by atoms with Crippen LogP contribution in [0.5, 0.6) is 0 Å². The van der Waals surface area contributed by atoms with Gasteiger partial charge in [-0.25, -0.2) is 18.2 Å². The Morgan fingerprint density at radius 2 is 1.76 bits per heavy atom. The number of carboxylic acid groups (broad SMARTS) is 1. The number of aromatic nitrogens is 2. The lowest BCUT2D eigenvalue weighted by Crippen LogP contribution is -2.35. The summed E-state index contributed by atoms with van der Waals surface area (Å²) in [5, 5.41) is 18.9. The third-order valence-corrected chi connectivity index (χ3v) is 8.64. The summed E-state index contributed by atoms with van der Waals surface area (Å²) >= 11 is 0. The fourth-order valence-electron chi connectivity index (χ4n) is 6.32. The SMILES string of the molecule is CC(C)(C)c1ccc(-c2c(F)c(N)nc(-c3c[nH]c4c(F)cc(F)cc34)c2C#N)cc1.O=C(O)C1CC2CCC1CC2. The Morgan fingerprint density at radius 3 is 2.29 bits per heavy atom. The van der Waals surface area contributed by atoms with Gasteiger partial charge in [0.25, 0.3) is 0 Å². The minimum atomic E-state index is -0.819. The highest BCUT2D eigenvalue weighted by atomic mass is 19.1. The second-order valence-electron chi connectivity index (χ2n) is 12.3. The molecule has 3 saturated carbocycles. The van der Waals surface area contributed by atoms with Gasteiger partial charge in [-0.05, 0) is 53.7 Å². The van der Waals surface area contributed by atoms with E-state index in [0.717, 1.165) is 30.0 Å². The Bertz CT molecular complexity index is 1690.